The lowest BCUT2D eigenvalue weighted by Gasteiger charge is -2.07. The molecule has 1 aliphatic heterocycles. The molecule has 0 spiro atoms. The zero-order valence-corrected chi connectivity index (χ0v) is 8.03. The number of hydrogen-bond donors (Lipinski definition) is 0. The van der Waals surface area contributed by atoms with Gasteiger partial charge in [0, 0.05) is 5.56 Å². The van der Waals surface area contributed by atoms with Crippen LogP contribution in [-0.2, 0) is 4.74 Å². The Labute approximate surface area is 82.6 Å². The van der Waals surface area contributed by atoms with Gasteiger partial charge in [0.05, 0.1) is 6.61 Å². The molecule has 0 amide bonds. The van der Waals surface area contributed by atoms with E-state index in [0.29, 0.717) is 12.2 Å². The summed E-state index contributed by atoms with van der Waals surface area (Å²) in [5, 5.41) is 0. The van der Waals surface area contributed by atoms with Gasteiger partial charge in [-0.25, -0.2) is 0 Å². The van der Waals surface area contributed by atoms with Gasteiger partial charge < -0.3 is 9.47 Å². The molecule has 74 valence electrons. The lowest BCUT2D eigenvalue weighted by Crippen LogP contribution is -2.05. The molecule has 1 saturated heterocycles. The van der Waals surface area contributed by atoms with Gasteiger partial charge in [-0.1, -0.05) is 0 Å². The van der Waals surface area contributed by atoms with E-state index in [1.165, 1.54) is 0 Å². The van der Waals surface area contributed by atoms with Crippen molar-refractivity contribution in [3.8, 4) is 5.75 Å². The van der Waals surface area contributed by atoms with Crippen LogP contribution < -0.4 is 4.74 Å². The van der Waals surface area contributed by atoms with Gasteiger partial charge in [0.15, 0.2) is 0 Å². The highest BCUT2D eigenvalue weighted by atomic mass is 16.6. The number of rotatable bonds is 4. The van der Waals surface area contributed by atoms with Crippen molar-refractivity contribution in [3.05, 3.63) is 29.3 Å². The number of carbonyl (C=O) groups is 1. The highest BCUT2D eigenvalue weighted by Crippen LogP contribution is 2.20. The Bertz CT molecular complexity index is 342. The summed E-state index contributed by atoms with van der Waals surface area (Å²) in [4.78, 5) is 10.5. The molecule has 3 nitrogen and oxygen atoms in total. The van der Waals surface area contributed by atoms with E-state index in [0.717, 1.165) is 24.2 Å². The van der Waals surface area contributed by atoms with Gasteiger partial charge in [-0.05, 0) is 30.7 Å². The zero-order valence-electron chi connectivity index (χ0n) is 8.03. The standard InChI is InChI=1S/C11H12O3/c1-8-4-9(5-12)2-3-11(8)14-7-10-6-13-10/h2-5,10H,6-7H2,1H3. The van der Waals surface area contributed by atoms with Gasteiger partial charge in [0.1, 0.15) is 24.7 Å². The SMILES string of the molecule is Cc1cc(C=O)ccc1OCC1CO1. The summed E-state index contributed by atoms with van der Waals surface area (Å²) >= 11 is 0. The Balaban J connectivity index is 2.04. The average molecular weight is 192 g/mol. The van der Waals surface area contributed by atoms with E-state index in [1.807, 2.05) is 19.1 Å². The van der Waals surface area contributed by atoms with Crippen LogP contribution in [0.2, 0.25) is 0 Å². The van der Waals surface area contributed by atoms with Crippen molar-refractivity contribution >= 4 is 6.29 Å². The summed E-state index contributed by atoms with van der Waals surface area (Å²) in [7, 11) is 0. The van der Waals surface area contributed by atoms with E-state index in [2.05, 4.69) is 0 Å². The largest absolute Gasteiger partial charge is 0.491 e. The Kier molecular flexibility index (Phi) is 2.50. The van der Waals surface area contributed by atoms with Crippen molar-refractivity contribution in [1.82, 2.24) is 0 Å². The first kappa shape index (κ1) is 9.21. The van der Waals surface area contributed by atoms with E-state index < -0.39 is 0 Å². The van der Waals surface area contributed by atoms with E-state index in [1.54, 1.807) is 6.07 Å². The van der Waals surface area contributed by atoms with Crippen LogP contribution in [0.3, 0.4) is 0 Å². The molecule has 0 N–H and O–H groups in total. The van der Waals surface area contributed by atoms with Gasteiger partial charge in [0.2, 0.25) is 0 Å². The van der Waals surface area contributed by atoms with Crippen LogP contribution in [-0.4, -0.2) is 25.6 Å². The molecule has 2 rings (SSSR count). The number of benzene rings is 1. The third-order valence-corrected chi connectivity index (χ3v) is 2.16. The fourth-order valence-electron chi connectivity index (χ4n) is 1.25. The van der Waals surface area contributed by atoms with Crippen LogP contribution in [0, 0.1) is 6.92 Å². The molecule has 1 heterocycles. The van der Waals surface area contributed by atoms with E-state index in [9.17, 15) is 4.79 Å². The first-order chi connectivity index (χ1) is 6.79. The maximum atomic E-state index is 10.5. The maximum Gasteiger partial charge on any atom is 0.150 e. The molecule has 0 bridgehead atoms. The quantitative estimate of drug-likeness (QED) is 0.537. The summed E-state index contributed by atoms with van der Waals surface area (Å²) in [6, 6.07) is 5.39. The van der Waals surface area contributed by atoms with E-state index >= 15 is 0 Å². The predicted octanol–water partition coefficient (Wildman–Crippen LogP) is 1.59. The highest BCUT2D eigenvalue weighted by Gasteiger charge is 2.23. The van der Waals surface area contributed by atoms with Crippen LogP contribution in [0.25, 0.3) is 0 Å². The maximum absolute atomic E-state index is 10.5. The Morgan fingerprint density at radius 2 is 2.43 bits per heavy atom. The second-order valence-electron chi connectivity index (χ2n) is 3.41. The molecule has 1 aromatic carbocycles. The Morgan fingerprint density at radius 1 is 1.64 bits per heavy atom. The summed E-state index contributed by atoms with van der Waals surface area (Å²) in [5.41, 5.74) is 1.66. The predicted molar refractivity (Wildman–Crippen MR) is 51.8 cm³/mol. The van der Waals surface area contributed by atoms with Crippen molar-refractivity contribution in [1.29, 1.82) is 0 Å². The second kappa shape index (κ2) is 3.80. The minimum atomic E-state index is 0.264. The number of hydrogen-bond acceptors (Lipinski definition) is 3. The first-order valence-electron chi connectivity index (χ1n) is 4.60. The van der Waals surface area contributed by atoms with Crippen LogP contribution in [0.1, 0.15) is 15.9 Å². The molecule has 0 saturated carbocycles. The third-order valence-electron chi connectivity index (χ3n) is 2.16. The van der Waals surface area contributed by atoms with Gasteiger partial charge in [0.25, 0.3) is 0 Å². The summed E-state index contributed by atoms with van der Waals surface area (Å²) in [6.45, 7) is 3.32. The van der Waals surface area contributed by atoms with Crippen LogP contribution in [0.15, 0.2) is 18.2 Å². The summed E-state index contributed by atoms with van der Waals surface area (Å²) in [5.74, 6) is 0.825. The molecule has 1 aliphatic rings. The minimum Gasteiger partial charge on any atom is -0.491 e. The molecule has 1 aromatic rings. The van der Waals surface area contributed by atoms with Gasteiger partial charge in [-0.3, -0.25) is 4.79 Å². The molecule has 1 atom stereocenters. The van der Waals surface area contributed by atoms with Crippen molar-refractivity contribution in [2.24, 2.45) is 0 Å². The lowest BCUT2D eigenvalue weighted by atomic mass is 10.1. The fraction of sp³-hybridized carbons (Fsp3) is 0.364. The van der Waals surface area contributed by atoms with Crippen LogP contribution >= 0.6 is 0 Å². The van der Waals surface area contributed by atoms with Crippen molar-refractivity contribution < 1.29 is 14.3 Å². The highest BCUT2D eigenvalue weighted by molar-refractivity contribution is 5.75. The smallest absolute Gasteiger partial charge is 0.150 e. The molecule has 0 aromatic heterocycles. The van der Waals surface area contributed by atoms with Crippen LogP contribution in [0.4, 0.5) is 0 Å². The fourth-order valence-corrected chi connectivity index (χ4v) is 1.25. The topological polar surface area (TPSA) is 38.8 Å². The normalized spacial score (nSPS) is 19.1. The third kappa shape index (κ3) is 2.12. The second-order valence-corrected chi connectivity index (χ2v) is 3.41. The molecule has 0 aliphatic carbocycles. The molecule has 3 heteroatoms. The molecule has 1 unspecified atom stereocenters. The number of aldehydes is 1. The molecular formula is C11H12O3. The molecule has 0 radical (unpaired) electrons. The van der Waals surface area contributed by atoms with Crippen LogP contribution in [0.5, 0.6) is 5.75 Å². The van der Waals surface area contributed by atoms with Crippen molar-refractivity contribution in [2.45, 2.75) is 13.0 Å². The number of epoxide rings is 1. The lowest BCUT2D eigenvalue weighted by molar-refractivity contribution is 0.112. The van der Waals surface area contributed by atoms with Crippen molar-refractivity contribution in [2.75, 3.05) is 13.2 Å². The zero-order chi connectivity index (χ0) is 9.97. The van der Waals surface area contributed by atoms with E-state index in [4.69, 9.17) is 9.47 Å². The first-order valence-corrected chi connectivity index (χ1v) is 4.60. The summed E-state index contributed by atoms with van der Waals surface area (Å²) < 4.78 is 10.6. The monoisotopic (exact) mass is 192 g/mol. The number of carbonyl (C=O) groups excluding carboxylic acids is 1. The van der Waals surface area contributed by atoms with Crippen molar-refractivity contribution in [3.63, 3.8) is 0 Å². The minimum absolute atomic E-state index is 0.264. The molecular weight excluding hydrogens is 180 g/mol. The number of aryl methyl sites for hydroxylation is 1. The van der Waals surface area contributed by atoms with Gasteiger partial charge in [-0.2, -0.15) is 0 Å². The Hall–Kier alpha value is -1.35. The molecule has 1 fully saturated rings. The summed E-state index contributed by atoms with van der Waals surface area (Å²) in [6.07, 6.45) is 1.10. The number of ether oxygens (including phenoxy) is 2. The van der Waals surface area contributed by atoms with Gasteiger partial charge >= 0.3 is 0 Å². The van der Waals surface area contributed by atoms with Gasteiger partial charge in [-0.15, -0.1) is 0 Å². The molecule has 14 heavy (non-hydrogen) atoms. The average Bonchev–Trinajstić information content (AvgIpc) is 2.99. The van der Waals surface area contributed by atoms with E-state index in [-0.39, 0.29) is 6.10 Å². The Morgan fingerprint density at radius 3 is 3.00 bits per heavy atom.